The highest BCUT2D eigenvalue weighted by atomic mass is 32.1. The second-order valence-electron chi connectivity index (χ2n) is 3.80. The number of hydrogen-bond donors (Lipinski definition) is 0. The standard InChI is InChI=1S/C13H20O2S/c1-3-8-15-9-7-11(14)10-13-6-5-12(4-2)16-13/h5-6H,3-4,7-10H2,1-2H3. The molecule has 0 aliphatic carbocycles. The van der Waals surface area contributed by atoms with Crippen molar-refractivity contribution in [3.8, 4) is 0 Å². The number of ketones is 1. The number of carbonyl (C=O) groups is 1. The monoisotopic (exact) mass is 240 g/mol. The first-order chi connectivity index (χ1) is 7.76. The van der Waals surface area contributed by atoms with Gasteiger partial charge < -0.3 is 4.74 Å². The second kappa shape index (κ2) is 7.58. The van der Waals surface area contributed by atoms with Crippen molar-refractivity contribution in [2.24, 2.45) is 0 Å². The van der Waals surface area contributed by atoms with E-state index in [2.05, 4.69) is 26.0 Å². The van der Waals surface area contributed by atoms with Crippen molar-refractivity contribution in [1.29, 1.82) is 0 Å². The van der Waals surface area contributed by atoms with Gasteiger partial charge in [0.2, 0.25) is 0 Å². The molecule has 0 radical (unpaired) electrons. The molecular formula is C13H20O2S. The van der Waals surface area contributed by atoms with Crippen LogP contribution in [0.25, 0.3) is 0 Å². The topological polar surface area (TPSA) is 26.3 Å². The van der Waals surface area contributed by atoms with Gasteiger partial charge >= 0.3 is 0 Å². The first kappa shape index (κ1) is 13.4. The second-order valence-corrected chi connectivity index (χ2v) is 5.05. The number of ether oxygens (including phenoxy) is 1. The molecule has 0 atom stereocenters. The molecule has 1 aromatic heterocycles. The van der Waals surface area contributed by atoms with Crippen LogP contribution in [0.5, 0.6) is 0 Å². The summed E-state index contributed by atoms with van der Waals surface area (Å²) < 4.78 is 5.30. The molecule has 16 heavy (non-hydrogen) atoms. The highest BCUT2D eigenvalue weighted by molar-refractivity contribution is 7.12. The Labute approximate surface area is 102 Å². The van der Waals surface area contributed by atoms with Crippen LogP contribution >= 0.6 is 11.3 Å². The van der Waals surface area contributed by atoms with E-state index in [1.54, 1.807) is 11.3 Å². The van der Waals surface area contributed by atoms with Gasteiger partial charge in [-0.15, -0.1) is 11.3 Å². The summed E-state index contributed by atoms with van der Waals surface area (Å²) in [6.45, 7) is 5.53. The molecular weight excluding hydrogens is 220 g/mol. The Balaban J connectivity index is 2.23. The third-order valence-corrected chi connectivity index (χ3v) is 3.54. The summed E-state index contributed by atoms with van der Waals surface area (Å²) in [6, 6.07) is 4.18. The van der Waals surface area contributed by atoms with Crippen LogP contribution in [0.2, 0.25) is 0 Å². The predicted molar refractivity (Wildman–Crippen MR) is 68.1 cm³/mol. The summed E-state index contributed by atoms with van der Waals surface area (Å²) in [7, 11) is 0. The van der Waals surface area contributed by atoms with Gasteiger partial charge in [0.05, 0.1) is 6.61 Å². The fourth-order valence-electron chi connectivity index (χ4n) is 1.42. The van der Waals surface area contributed by atoms with Gasteiger partial charge in [-0.1, -0.05) is 13.8 Å². The van der Waals surface area contributed by atoms with Crippen LogP contribution in [0.1, 0.15) is 36.4 Å². The van der Waals surface area contributed by atoms with Gasteiger partial charge in [0.25, 0.3) is 0 Å². The van der Waals surface area contributed by atoms with Crippen LogP contribution < -0.4 is 0 Å². The number of aryl methyl sites for hydroxylation is 1. The van der Waals surface area contributed by atoms with E-state index in [1.165, 1.54) is 9.75 Å². The molecule has 0 spiro atoms. The van der Waals surface area contributed by atoms with Gasteiger partial charge in [0.1, 0.15) is 5.78 Å². The molecule has 0 aliphatic rings. The number of carbonyl (C=O) groups excluding carboxylic acids is 1. The Hall–Kier alpha value is -0.670. The SMILES string of the molecule is CCCOCCC(=O)Cc1ccc(CC)s1. The summed E-state index contributed by atoms with van der Waals surface area (Å²) in [5, 5.41) is 0. The van der Waals surface area contributed by atoms with Gasteiger partial charge in [-0.3, -0.25) is 4.79 Å². The summed E-state index contributed by atoms with van der Waals surface area (Å²) in [5.41, 5.74) is 0. The number of rotatable bonds is 8. The highest BCUT2D eigenvalue weighted by Gasteiger charge is 2.06. The van der Waals surface area contributed by atoms with Crippen molar-refractivity contribution >= 4 is 17.1 Å². The Bertz CT molecular complexity index is 317. The number of hydrogen-bond acceptors (Lipinski definition) is 3. The van der Waals surface area contributed by atoms with E-state index in [-0.39, 0.29) is 5.78 Å². The summed E-state index contributed by atoms with van der Waals surface area (Å²) >= 11 is 1.74. The van der Waals surface area contributed by atoms with Crippen molar-refractivity contribution < 1.29 is 9.53 Å². The molecule has 1 heterocycles. The Kier molecular flexibility index (Phi) is 6.34. The van der Waals surface area contributed by atoms with Crippen LogP contribution in [0.15, 0.2) is 12.1 Å². The van der Waals surface area contributed by atoms with Gasteiger partial charge in [0, 0.05) is 29.2 Å². The third kappa shape index (κ3) is 4.90. The van der Waals surface area contributed by atoms with E-state index >= 15 is 0 Å². The van der Waals surface area contributed by atoms with Crippen molar-refractivity contribution in [3.05, 3.63) is 21.9 Å². The lowest BCUT2D eigenvalue weighted by molar-refractivity contribution is -0.119. The minimum Gasteiger partial charge on any atom is -0.381 e. The fourth-order valence-corrected chi connectivity index (χ4v) is 2.41. The molecule has 0 aliphatic heterocycles. The number of Topliss-reactive ketones (excluding diaryl/α,β-unsaturated/α-hetero) is 1. The Morgan fingerprint density at radius 3 is 2.62 bits per heavy atom. The van der Waals surface area contributed by atoms with Crippen LogP contribution in [-0.2, 0) is 22.4 Å². The zero-order chi connectivity index (χ0) is 11.8. The molecule has 2 nitrogen and oxygen atoms in total. The van der Waals surface area contributed by atoms with Crippen molar-refractivity contribution in [2.45, 2.75) is 39.5 Å². The van der Waals surface area contributed by atoms with E-state index in [0.29, 0.717) is 19.4 Å². The molecule has 0 unspecified atom stereocenters. The smallest absolute Gasteiger partial charge is 0.140 e. The summed E-state index contributed by atoms with van der Waals surface area (Å²) in [6.07, 6.45) is 3.18. The molecule has 1 aromatic rings. The maximum atomic E-state index is 11.6. The summed E-state index contributed by atoms with van der Waals surface area (Å²) in [4.78, 5) is 14.1. The third-order valence-electron chi connectivity index (χ3n) is 2.31. The molecule has 90 valence electrons. The first-order valence-corrected chi connectivity index (χ1v) is 6.75. The van der Waals surface area contributed by atoms with E-state index in [1.807, 2.05) is 0 Å². The normalized spacial score (nSPS) is 10.6. The van der Waals surface area contributed by atoms with E-state index < -0.39 is 0 Å². The van der Waals surface area contributed by atoms with E-state index in [4.69, 9.17) is 4.74 Å². The van der Waals surface area contributed by atoms with Crippen LogP contribution in [0, 0.1) is 0 Å². The largest absolute Gasteiger partial charge is 0.381 e. The Morgan fingerprint density at radius 2 is 2.00 bits per heavy atom. The summed E-state index contributed by atoms with van der Waals surface area (Å²) in [5.74, 6) is 0.278. The predicted octanol–water partition coefficient (Wildman–Crippen LogP) is 3.24. The molecule has 0 N–H and O–H groups in total. The van der Waals surface area contributed by atoms with E-state index in [9.17, 15) is 4.79 Å². The van der Waals surface area contributed by atoms with Crippen LogP contribution in [0.3, 0.4) is 0 Å². The zero-order valence-corrected chi connectivity index (χ0v) is 10.9. The van der Waals surface area contributed by atoms with Gasteiger partial charge in [-0.05, 0) is 25.0 Å². The van der Waals surface area contributed by atoms with E-state index in [0.717, 1.165) is 19.4 Å². The quantitative estimate of drug-likeness (QED) is 0.652. The Morgan fingerprint density at radius 1 is 1.25 bits per heavy atom. The maximum absolute atomic E-state index is 11.6. The average Bonchev–Trinajstić information content (AvgIpc) is 2.72. The lowest BCUT2D eigenvalue weighted by Crippen LogP contribution is -2.06. The lowest BCUT2D eigenvalue weighted by Gasteiger charge is -2.01. The maximum Gasteiger partial charge on any atom is 0.140 e. The minimum atomic E-state index is 0.278. The van der Waals surface area contributed by atoms with Gasteiger partial charge in [-0.2, -0.15) is 0 Å². The molecule has 0 amide bonds. The molecule has 0 saturated carbocycles. The van der Waals surface area contributed by atoms with Gasteiger partial charge in [-0.25, -0.2) is 0 Å². The van der Waals surface area contributed by atoms with Crippen molar-refractivity contribution in [1.82, 2.24) is 0 Å². The first-order valence-electron chi connectivity index (χ1n) is 5.93. The molecule has 3 heteroatoms. The average molecular weight is 240 g/mol. The minimum absolute atomic E-state index is 0.278. The lowest BCUT2D eigenvalue weighted by atomic mass is 10.2. The van der Waals surface area contributed by atoms with Gasteiger partial charge in [0.15, 0.2) is 0 Å². The van der Waals surface area contributed by atoms with Crippen LogP contribution in [-0.4, -0.2) is 19.0 Å². The fraction of sp³-hybridized carbons (Fsp3) is 0.615. The van der Waals surface area contributed by atoms with Crippen molar-refractivity contribution in [2.75, 3.05) is 13.2 Å². The molecule has 0 bridgehead atoms. The molecule has 0 aromatic carbocycles. The molecule has 0 fully saturated rings. The molecule has 1 rings (SSSR count). The number of thiophene rings is 1. The van der Waals surface area contributed by atoms with Crippen molar-refractivity contribution in [3.63, 3.8) is 0 Å². The highest BCUT2D eigenvalue weighted by Crippen LogP contribution is 2.17. The molecule has 0 saturated heterocycles. The van der Waals surface area contributed by atoms with Crippen LogP contribution in [0.4, 0.5) is 0 Å². The zero-order valence-electron chi connectivity index (χ0n) is 10.1.